The highest BCUT2D eigenvalue weighted by Gasteiger charge is 2.33. The van der Waals surface area contributed by atoms with Crippen LogP contribution in [0.15, 0.2) is 24.3 Å². The number of hydrogen-bond acceptors (Lipinski definition) is 3. The van der Waals surface area contributed by atoms with Crippen molar-refractivity contribution >= 4 is 11.8 Å². The van der Waals surface area contributed by atoms with Crippen LogP contribution in [0.5, 0.6) is 0 Å². The summed E-state index contributed by atoms with van der Waals surface area (Å²) in [7, 11) is 1.11. The molecule has 0 N–H and O–H groups in total. The number of carbonyl (C=O) groups excluding carboxylic acids is 2. The molecule has 18 heavy (non-hydrogen) atoms. The minimum absolute atomic E-state index is 0.140. The molecule has 0 bridgehead atoms. The number of alkyl halides is 3. The first-order chi connectivity index (χ1) is 8.34. The number of halogens is 3. The quantitative estimate of drug-likeness (QED) is 0.616. The van der Waals surface area contributed by atoms with Crippen LogP contribution >= 0.6 is 0 Å². The van der Waals surface area contributed by atoms with Crippen LogP contribution in [0.1, 0.15) is 17.5 Å². The number of carbonyl (C=O) groups is 2. The first-order valence-corrected chi connectivity index (χ1v) is 5.08. The maximum atomic E-state index is 12.6. The summed E-state index contributed by atoms with van der Waals surface area (Å²) in [6.45, 7) is 0. The topological polar surface area (TPSA) is 43.4 Å². The predicted octanol–water partition coefficient (Wildman–Crippen LogP) is 2.38. The van der Waals surface area contributed by atoms with Crippen molar-refractivity contribution in [1.29, 1.82) is 0 Å². The minimum Gasteiger partial charge on any atom is -0.469 e. The zero-order valence-corrected chi connectivity index (χ0v) is 9.58. The van der Waals surface area contributed by atoms with Crippen molar-refractivity contribution in [2.45, 2.75) is 19.0 Å². The van der Waals surface area contributed by atoms with Crippen LogP contribution in [0.25, 0.3) is 0 Å². The van der Waals surface area contributed by atoms with E-state index in [0.29, 0.717) is 0 Å². The summed E-state index contributed by atoms with van der Waals surface area (Å²) in [6.07, 6.45) is -5.48. The van der Waals surface area contributed by atoms with E-state index < -0.39 is 36.3 Å². The molecule has 1 aromatic carbocycles. The van der Waals surface area contributed by atoms with E-state index in [9.17, 15) is 22.8 Å². The number of hydrogen-bond donors (Lipinski definition) is 0. The van der Waals surface area contributed by atoms with E-state index in [2.05, 4.69) is 4.74 Å². The Morgan fingerprint density at radius 3 is 2.39 bits per heavy atom. The van der Waals surface area contributed by atoms with Gasteiger partial charge in [-0.15, -0.1) is 0 Å². The van der Waals surface area contributed by atoms with Gasteiger partial charge in [-0.1, -0.05) is 18.2 Å². The lowest BCUT2D eigenvalue weighted by Crippen LogP contribution is -2.15. The zero-order valence-electron chi connectivity index (χ0n) is 9.58. The van der Waals surface area contributed by atoms with Crippen LogP contribution in [0.3, 0.4) is 0 Å². The monoisotopic (exact) mass is 260 g/mol. The fourth-order valence-corrected chi connectivity index (χ4v) is 1.46. The molecule has 0 amide bonds. The van der Waals surface area contributed by atoms with Gasteiger partial charge in [0.1, 0.15) is 12.2 Å². The van der Waals surface area contributed by atoms with Gasteiger partial charge in [0.25, 0.3) is 0 Å². The first-order valence-electron chi connectivity index (χ1n) is 5.08. The summed E-state index contributed by atoms with van der Waals surface area (Å²) in [6, 6.07) is 4.78. The standard InChI is InChI=1S/C12H11F3O3/c1-18-11(17)7-9(16)6-8-4-2-3-5-10(8)12(13,14)15/h2-5H,6-7H2,1H3. The number of ketones is 1. The molecule has 0 heterocycles. The third kappa shape index (κ3) is 3.87. The molecule has 1 aromatic rings. The van der Waals surface area contributed by atoms with Gasteiger partial charge >= 0.3 is 12.1 Å². The van der Waals surface area contributed by atoms with Crippen LogP contribution in [0.4, 0.5) is 13.2 Å². The Morgan fingerprint density at radius 2 is 1.83 bits per heavy atom. The second-order valence-electron chi connectivity index (χ2n) is 3.62. The van der Waals surface area contributed by atoms with Gasteiger partial charge in [0.05, 0.1) is 12.7 Å². The molecule has 0 aromatic heterocycles. The predicted molar refractivity (Wildman–Crippen MR) is 56.8 cm³/mol. The number of ether oxygens (including phenoxy) is 1. The molecular weight excluding hydrogens is 249 g/mol. The smallest absolute Gasteiger partial charge is 0.416 e. The van der Waals surface area contributed by atoms with Crippen molar-refractivity contribution in [2.75, 3.05) is 7.11 Å². The lowest BCUT2D eigenvalue weighted by atomic mass is 10.0. The van der Waals surface area contributed by atoms with Crippen LogP contribution in [0.2, 0.25) is 0 Å². The minimum atomic E-state index is -4.51. The maximum Gasteiger partial charge on any atom is 0.416 e. The molecule has 98 valence electrons. The van der Waals surface area contributed by atoms with E-state index >= 15 is 0 Å². The van der Waals surface area contributed by atoms with Crippen LogP contribution in [-0.4, -0.2) is 18.9 Å². The van der Waals surface area contributed by atoms with Crippen molar-refractivity contribution in [1.82, 2.24) is 0 Å². The Morgan fingerprint density at radius 1 is 1.22 bits per heavy atom. The molecule has 0 spiro atoms. The summed E-state index contributed by atoms with van der Waals surface area (Å²) in [4.78, 5) is 22.2. The van der Waals surface area contributed by atoms with Crippen molar-refractivity contribution in [3.8, 4) is 0 Å². The third-order valence-corrected chi connectivity index (χ3v) is 2.28. The Hall–Kier alpha value is -1.85. The lowest BCUT2D eigenvalue weighted by Gasteiger charge is -2.11. The fraction of sp³-hybridized carbons (Fsp3) is 0.333. The van der Waals surface area contributed by atoms with Gasteiger partial charge in [0, 0.05) is 6.42 Å². The Labute approximate surface area is 102 Å². The summed E-state index contributed by atoms with van der Waals surface area (Å²) in [5, 5.41) is 0. The highest BCUT2D eigenvalue weighted by Crippen LogP contribution is 2.32. The molecule has 6 heteroatoms. The number of rotatable bonds is 4. The van der Waals surface area contributed by atoms with Gasteiger partial charge in [0.15, 0.2) is 0 Å². The van der Waals surface area contributed by atoms with E-state index in [4.69, 9.17) is 0 Å². The molecule has 1 rings (SSSR count). The Kier molecular flexibility index (Phi) is 4.47. The summed E-state index contributed by atoms with van der Waals surface area (Å²) < 4.78 is 42.1. The van der Waals surface area contributed by atoms with Crippen LogP contribution in [0, 0.1) is 0 Å². The normalized spacial score (nSPS) is 11.1. The number of benzene rings is 1. The van der Waals surface area contributed by atoms with Crippen LogP contribution in [-0.2, 0) is 26.9 Å². The molecule has 0 fully saturated rings. The molecule has 0 saturated carbocycles. The molecule has 0 aliphatic rings. The molecule has 0 saturated heterocycles. The lowest BCUT2D eigenvalue weighted by molar-refractivity contribution is -0.143. The van der Waals surface area contributed by atoms with E-state index in [1.54, 1.807) is 0 Å². The van der Waals surface area contributed by atoms with Crippen LogP contribution < -0.4 is 0 Å². The fourth-order valence-electron chi connectivity index (χ4n) is 1.46. The highest BCUT2D eigenvalue weighted by atomic mass is 19.4. The first kappa shape index (κ1) is 14.2. The van der Waals surface area contributed by atoms with E-state index in [0.717, 1.165) is 13.2 Å². The number of esters is 1. The SMILES string of the molecule is COC(=O)CC(=O)Cc1ccccc1C(F)(F)F. The second-order valence-corrected chi connectivity index (χ2v) is 3.62. The van der Waals surface area contributed by atoms with Crippen molar-refractivity contribution in [3.05, 3.63) is 35.4 Å². The number of Topliss-reactive ketones (excluding diaryl/α,β-unsaturated/α-hetero) is 1. The third-order valence-electron chi connectivity index (χ3n) is 2.28. The average Bonchev–Trinajstić information content (AvgIpc) is 2.27. The van der Waals surface area contributed by atoms with Crippen molar-refractivity contribution < 1.29 is 27.5 Å². The van der Waals surface area contributed by atoms with Gasteiger partial charge in [-0.3, -0.25) is 9.59 Å². The molecule has 0 unspecified atom stereocenters. The average molecular weight is 260 g/mol. The second kappa shape index (κ2) is 5.66. The van der Waals surface area contributed by atoms with Gasteiger partial charge in [-0.2, -0.15) is 13.2 Å². The summed E-state index contributed by atoms with van der Waals surface area (Å²) in [5.74, 6) is -1.37. The number of methoxy groups -OCH3 is 1. The van der Waals surface area contributed by atoms with Gasteiger partial charge in [-0.05, 0) is 11.6 Å². The molecule has 0 atom stereocenters. The van der Waals surface area contributed by atoms with Gasteiger partial charge in [0.2, 0.25) is 0 Å². The maximum absolute atomic E-state index is 12.6. The summed E-state index contributed by atoms with van der Waals surface area (Å²) >= 11 is 0. The van der Waals surface area contributed by atoms with Gasteiger partial charge < -0.3 is 4.74 Å². The summed E-state index contributed by atoms with van der Waals surface area (Å²) in [5.41, 5.74) is -0.998. The van der Waals surface area contributed by atoms with Crippen molar-refractivity contribution in [2.24, 2.45) is 0 Å². The molecule has 3 nitrogen and oxygen atoms in total. The van der Waals surface area contributed by atoms with E-state index in [1.165, 1.54) is 18.2 Å². The molecule has 0 aliphatic carbocycles. The zero-order chi connectivity index (χ0) is 13.8. The highest BCUT2D eigenvalue weighted by molar-refractivity contribution is 5.96. The molecular formula is C12H11F3O3. The van der Waals surface area contributed by atoms with E-state index in [1.807, 2.05) is 0 Å². The molecule has 0 radical (unpaired) electrons. The largest absolute Gasteiger partial charge is 0.469 e. The van der Waals surface area contributed by atoms with Gasteiger partial charge in [-0.25, -0.2) is 0 Å². The van der Waals surface area contributed by atoms with Crippen molar-refractivity contribution in [3.63, 3.8) is 0 Å². The Balaban J connectivity index is 2.85. The van der Waals surface area contributed by atoms with E-state index in [-0.39, 0.29) is 5.56 Å². The molecule has 0 aliphatic heterocycles. The Bertz CT molecular complexity index is 452.